The summed E-state index contributed by atoms with van der Waals surface area (Å²) in [5.41, 5.74) is 0. The van der Waals surface area contributed by atoms with Crippen LogP contribution in [0.25, 0.3) is 0 Å². The third-order valence-corrected chi connectivity index (χ3v) is 0.894. The highest BCUT2D eigenvalue weighted by Gasteiger charge is 2.36. The molecule has 0 saturated heterocycles. The van der Waals surface area contributed by atoms with E-state index in [0.717, 1.165) is 18.8 Å². The molecule has 0 bridgehead atoms. The fourth-order valence-corrected chi connectivity index (χ4v) is 0.341. The van der Waals surface area contributed by atoms with Crippen molar-refractivity contribution in [1.82, 2.24) is 0 Å². The van der Waals surface area contributed by atoms with E-state index in [-0.39, 0.29) is 5.76 Å². The van der Waals surface area contributed by atoms with Gasteiger partial charge in [-0.1, -0.05) is 0 Å². The van der Waals surface area contributed by atoms with Gasteiger partial charge in [0.15, 0.2) is 0 Å². The van der Waals surface area contributed by atoms with Gasteiger partial charge in [-0.05, 0) is 0 Å². The quantitative estimate of drug-likeness (QED) is 0.335. The van der Waals surface area contributed by atoms with E-state index in [9.17, 15) is 5.11 Å². The van der Waals surface area contributed by atoms with Crippen LogP contribution in [0.2, 0.25) is 0 Å². The second-order valence-corrected chi connectivity index (χ2v) is 1.53. The van der Waals surface area contributed by atoms with Crippen molar-refractivity contribution >= 4 is 0 Å². The molecule has 1 saturated carbocycles. The second kappa shape index (κ2) is 0.934. The van der Waals surface area contributed by atoms with Crippen LogP contribution in [0.5, 0.6) is 0 Å². The Bertz CT molecular complexity index is 72.0. The van der Waals surface area contributed by atoms with Gasteiger partial charge in [0.1, 0.15) is 5.92 Å². The van der Waals surface area contributed by atoms with Gasteiger partial charge in [0.25, 0.3) is 0 Å². The third kappa shape index (κ3) is 0.482. The van der Waals surface area contributed by atoms with Crippen molar-refractivity contribution in [2.45, 2.75) is 12.8 Å². The Balaban J connectivity index is 2.31. The van der Waals surface area contributed by atoms with Gasteiger partial charge >= 0.3 is 5.76 Å². The molecule has 1 heteroatoms. The van der Waals surface area contributed by atoms with Crippen molar-refractivity contribution in [3.63, 3.8) is 0 Å². The maximum absolute atomic E-state index is 10.1. The Morgan fingerprint density at radius 3 is 2.17 bits per heavy atom. The summed E-state index contributed by atoms with van der Waals surface area (Å²) in [6.45, 7) is 3.22. The minimum absolute atomic E-state index is 0.0370. The van der Waals surface area contributed by atoms with Crippen LogP contribution < -0.4 is 0 Å². The predicted molar refractivity (Wildman–Crippen MR) is 22.3 cm³/mol. The molecule has 0 amide bonds. The fourth-order valence-electron chi connectivity index (χ4n) is 0.341. The monoisotopic (exact) mass is 82.0 g/mol. The van der Waals surface area contributed by atoms with Gasteiger partial charge in [-0.25, -0.2) is 5.11 Å². The summed E-state index contributed by atoms with van der Waals surface area (Å²) in [6, 6.07) is 0. The zero-order valence-corrected chi connectivity index (χ0v) is 3.53. The fraction of sp³-hybridized carbons (Fsp3) is 0.400. The zero-order chi connectivity index (χ0) is 4.57. The average molecular weight is 82.1 g/mol. The van der Waals surface area contributed by atoms with Gasteiger partial charge < -0.3 is 0 Å². The van der Waals surface area contributed by atoms with Crippen molar-refractivity contribution in [2.24, 2.45) is 0 Å². The summed E-state index contributed by atoms with van der Waals surface area (Å²) in [4.78, 5) is 0. The van der Waals surface area contributed by atoms with E-state index in [1.165, 1.54) is 0 Å². The van der Waals surface area contributed by atoms with Crippen LogP contribution in [0.3, 0.4) is 0 Å². The third-order valence-electron chi connectivity index (χ3n) is 0.894. The van der Waals surface area contributed by atoms with Crippen molar-refractivity contribution in [3.8, 4) is 0 Å². The minimum atomic E-state index is 0.0370. The lowest BCUT2D eigenvalue weighted by Crippen LogP contribution is -1.69. The molecule has 0 aromatic rings. The molecule has 1 aliphatic rings. The Morgan fingerprint density at radius 1 is 1.67 bits per heavy atom. The van der Waals surface area contributed by atoms with Crippen LogP contribution in [0.15, 0.2) is 12.3 Å². The SMILES string of the molecule is C=C([O])[C+]1CC1. The van der Waals surface area contributed by atoms with Crippen LogP contribution in [-0.2, 0) is 5.11 Å². The second-order valence-electron chi connectivity index (χ2n) is 1.53. The van der Waals surface area contributed by atoms with E-state index < -0.39 is 0 Å². The van der Waals surface area contributed by atoms with Crippen LogP contribution in [0.1, 0.15) is 12.8 Å². The first kappa shape index (κ1) is 3.59. The molecule has 0 aromatic heterocycles. The number of hydrogen-bond acceptors (Lipinski definition) is 0. The van der Waals surface area contributed by atoms with Crippen molar-refractivity contribution in [2.75, 3.05) is 0 Å². The van der Waals surface area contributed by atoms with Crippen molar-refractivity contribution < 1.29 is 5.11 Å². The molecular weight excluding hydrogens is 76.1 g/mol. The maximum Gasteiger partial charge on any atom is 0.324 e. The summed E-state index contributed by atoms with van der Waals surface area (Å²) in [6.07, 6.45) is 2.00. The first-order valence-corrected chi connectivity index (χ1v) is 2.01. The van der Waals surface area contributed by atoms with Crippen molar-refractivity contribution in [3.05, 3.63) is 18.3 Å². The molecule has 0 heterocycles. The van der Waals surface area contributed by atoms with Crippen LogP contribution >= 0.6 is 0 Å². The van der Waals surface area contributed by atoms with Crippen LogP contribution in [-0.4, -0.2) is 0 Å². The standard InChI is InChI=1S/C5H6O/c1-4(6)5-2-3-5/h1-3H2/q+1. The van der Waals surface area contributed by atoms with E-state index in [1.54, 1.807) is 0 Å². The van der Waals surface area contributed by atoms with Gasteiger partial charge in [0.2, 0.25) is 0 Å². The number of rotatable bonds is 1. The van der Waals surface area contributed by atoms with Crippen molar-refractivity contribution in [1.29, 1.82) is 0 Å². The normalized spacial score (nSPS) is 17.7. The van der Waals surface area contributed by atoms with E-state index in [2.05, 4.69) is 6.58 Å². The molecular formula is C5H6O+. The molecule has 0 spiro atoms. The van der Waals surface area contributed by atoms with E-state index in [0.29, 0.717) is 0 Å². The highest BCUT2D eigenvalue weighted by atomic mass is 16.3. The topological polar surface area (TPSA) is 19.9 Å². The Morgan fingerprint density at radius 2 is 2.17 bits per heavy atom. The van der Waals surface area contributed by atoms with E-state index in [4.69, 9.17) is 0 Å². The molecule has 1 rings (SSSR count). The van der Waals surface area contributed by atoms with E-state index in [1.807, 2.05) is 0 Å². The lowest BCUT2D eigenvalue weighted by atomic mass is 10.4. The molecule has 31 valence electrons. The lowest BCUT2D eigenvalue weighted by molar-refractivity contribution is 0.305. The average Bonchev–Trinajstić information content (AvgIpc) is 2.06. The van der Waals surface area contributed by atoms with E-state index >= 15 is 0 Å². The van der Waals surface area contributed by atoms with Crippen LogP contribution in [0.4, 0.5) is 0 Å². The molecule has 0 atom stereocenters. The molecule has 1 aliphatic carbocycles. The highest BCUT2D eigenvalue weighted by Crippen LogP contribution is 2.36. The minimum Gasteiger partial charge on any atom is -0.241 e. The highest BCUT2D eigenvalue weighted by molar-refractivity contribution is 5.23. The molecule has 0 aliphatic heterocycles. The zero-order valence-electron chi connectivity index (χ0n) is 3.53. The number of hydrogen-bond donors (Lipinski definition) is 0. The Hall–Kier alpha value is -0.590. The largest absolute Gasteiger partial charge is 0.324 e. The molecule has 0 aromatic carbocycles. The first-order chi connectivity index (χ1) is 2.80. The summed E-state index contributed by atoms with van der Waals surface area (Å²) >= 11 is 0. The van der Waals surface area contributed by atoms with Gasteiger partial charge in [-0.2, -0.15) is 0 Å². The maximum atomic E-state index is 10.1. The van der Waals surface area contributed by atoms with Gasteiger partial charge in [-0.15, -0.1) is 0 Å². The summed E-state index contributed by atoms with van der Waals surface area (Å²) in [5.74, 6) is 1.05. The Kier molecular flexibility index (Phi) is 0.560. The Labute approximate surface area is 37.3 Å². The predicted octanol–water partition coefficient (Wildman–Crippen LogP) is 1.30. The molecule has 0 unspecified atom stereocenters. The summed E-state index contributed by atoms with van der Waals surface area (Å²) in [7, 11) is 0. The molecule has 0 N–H and O–H groups in total. The molecule has 6 heavy (non-hydrogen) atoms. The smallest absolute Gasteiger partial charge is 0.241 e. The molecule has 1 radical (unpaired) electrons. The summed E-state index contributed by atoms with van der Waals surface area (Å²) < 4.78 is 0. The molecule has 1 nitrogen and oxygen atoms in total. The van der Waals surface area contributed by atoms with Gasteiger partial charge in [-0.3, -0.25) is 0 Å². The summed E-state index contributed by atoms with van der Waals surface area (Å²) in [5, 5.41) is 10.1. The molecule has 1 fully saturated rings. The lowest BCUT2D eigenvalue weighted by Gasteiger charge is -1.65. The first-order valence-electron chi connectivity index (χ1n) is 2.01. The van der Waals surface area contributed by atoms with Gasteiger partial charge in [0.05, 0.1) is 19.4 Å². The number of allylic oxidation sites excluding steroid dienone is 1. The van der Waals surface area contributed by atoms with Crippen LogP contribution in [0, 0.1) is 5.92 Å². The van der Waals surface area contributed by atoms with Gasteiger partial charge in [0, 0.05) is 0 Å².